The van der Waals surface area contributed by atoms with Crippen LogP contribution >= 0.6 is 11.6 Å². The minimum absolute atomic E-state index is 0.0557. The first kappa shape index (κ1) is 18.1. The lowest BCUT2D eigenvalue weighted by Crippen LogP contribution is -2.39. The van der Waals surface area contributed by atoms with Crippen molar-refractivity contribution in [2.24, 2.45) is 0 Å². The van der Waals surface area contributed by atoms with E-state index in [1.54, 1.807) is 11.0 Å². The van der Waals surface area contributed by atoms with E-state index < -0.39 is 15.6 Å². The van der Waals surface area contributed by atoms with Crippen LogP contribution in [0.1, 0.15) is 16.7 Å². The molecule has 0 spiro atoms. The van der Waals surface area contributed by atoms with Crippen LogP contribution in [-0.4, -0.2) is 38.3 Å². The quantitative estimate of drug-likeness (QED) is 0.778. The second-order valence-electron chi connectivity index (χ2n) is 6.68. The number of fused-ring (bicyclic) bond motifs is 2. The second kappa shape index (κ2) is 7.05. The van der Waals surface area contributed by atoms with Crippen molar-refractivity contribution in [1.29, 1.82) is 0 Å². The van der Waals surface area contributed by atoms with Crippen LogP contribution in [0.15, 0.2) is 36.4 Å². The number of hydrogen-bond acceptors (Lipinski definition) is 5. The molecule has 0 atom stereocenters. The summed E-state index contributed by atoms with van der Waals surface area (Å²) >= 11 is 6.10. The largest absolute Gasteiger partial charge is 0.454 e. The molecule has 0 N–H and O–H groups in total. The summed E-state index contributed by atoms with van der Waals surface area (Å²) in [5.74, 6) is -0.343. The molecule has 1 amide bonds. The minimum Gasteiger partial charge on any atom is -0.454 e. The molecule has 6 nitrogen and oxygen atoms in total. The molecule has 0 unspecified atom stereocenters. The molecule has 2 aliphatic heterocycles. The molecule has 0 fully saturated rings. The number of nitrogens with zero attached hydrogens (tertiary/aromatic N) is 1. The molecule has 2 aromatic carbocycles. The van der Waals surface area contributed by atoms with Crippen molar-refractivity contribution in [2.45, 2.75) is 18.7 Å². The van der Waals surface area contributed by atoms with Gasteiger partial charge in [0.1, 0.15) is 5.75 Å². The average molecular weight is 408 g/mol. The highest BCUT2D eigenvalue weighted by atomic mass is 35.5. The van der Waals surface area contributed by atoms with Gasteiger partial charge in [-0.05, 0) is 35.2 Å². The Labute approximate surface area is 162 Å². The third-order valence-corrected chi connectivity index (χ3v) is 6.44. The molecule has 0 aromatic heterocycles. The molecule has 0 saturated heterocycles. The first-order chi connectivity index (χ1) is 12.9. The number of rotatable bonds is 4. The first-order valence-corrected chi connectivity index (χ1v) is 10.7. The van der Waals surface area contributed by atoms with Gasteiger partial charge in [-0.15, -0.1) is 0 Å². The van der Waals surface area contributed by atoms with Gasteiger partial charge >= 0.3 is 0 Å². The lowest BCUT2D eigenvalue weighted by atomic mass is 10.00. The standard InChI is InChI=1S/C19H18ClNO5S/c20-16-7-13(8-17-19(16)26-12-25-17)10-27(23,24)11-18(22)21-6-5-14-3-1-2-4-15(14)9-21/h1-4,7-8H,5-6,9-12H2. The average Bonchev–Trinajstić information content (AvgIpc) is 3.09. The zero-order valence-corrected chi connectivity index (χ0v) is 16.1. The first-order valence-electron chi connectivity index (χ1n) is 8.54. The van der Waals surface area contributed by atoms with Crippen LogP contribution in [0.5, 0.6) is 11.5 Å². The molecule has 142 valence electrons. The van der Waals surface area contributed by atoms with Gasteiger partial charge in [-0.3, -0.25) is 4.79 Å². The molecule has 8 heteroatoms. The zero-order valence-electron chi connectivity index (χ0n) is 14.5. The molecular weight excluding hydrogens is 390 g/mol. The van der Waals surface area contributed by atoms with Crippen LogP contribution in [0.4, 0.5) is 0 Å². The molecule has 27 heavy (non-hydrogen) atoms. The Kier molecular flexibility index (Phi) is 4.74. The van der Waals surface area contributed by atoms with Crippen molar-refractivity contribution >= 4 is 27.3 Å². The van der Waals surface area contributed by atoms with Crippen LogP contribution in [0, 0.1) is 0 Å². The van der Waals surface area contributed by atoms with Gasteiger partial charge in [0.15, 0.2) is 21.3 Å². The number of amides is 1. The summed E-state index contributed by atoms with van der Waals surface area (Å²) in [7, 11) is -3.64. The van der Waals surface area contributed by atoms with Gasteiger partial charge in [0.05, 0.1) is 10.8 Å². The number of carbonyl (C=O) groups excluding carboxylic acids is 1. The van der Waals surface area contributed by atoms with E-state index in [0.717, 1.165) is 12.0 Å². The fourth-order valence-electron chi connectivity index (χ4n) is 3.40. The molecule has 0 saturated carbocycles. The van der Waals surface area contributed by atoms with Crippen LogP contribution < -0.4 is 9.47 Å². The number of carbonyl (C=O) groups is 1. The van der Waals surface area contributed by atoms with Crippen LogP contribution in [0.3, 0.4) is 0 Å². The fraction of sp³-hybridized carbons (Fsp3) is 0.316. The van der Waals surface area contributed by atoms with Gasteiger partial charge in [-0.25, -0.2) is 8.42 Å². The Bertz CT molecular complexity index is 1010. The highest BCUT2D eigenvalue weighted by molar-refractivity contribution is 7.91. The third kappa shape index (κ3) is 3.89. The Hall–Kier alpha value is -2.25. The van der Waals surface area contributed by atoms with Crippen molar-refractivity contribution in [2.75, 3.05) is 19.1 Å². The maximum absolute atomic E-state index is 12.5. The lowest BCUT2D eigenvalue weighted by Gasteiger charge is -2.28. The SMILES string of the molecule is O=C(CS(=O)(=O)Cc1cc(Cl)c2c(c1)OCO2)N1CCc2ccccc2C1. The van der Waals surface area contributed by atoms with E-state index in [4.69, 9.17) is 21.1 Å². The predicted molar refractivity (Wildman–Crippen MR) is 101 cm³/mol. The molecule has 0 aliphatic carbocycles. The minimum atomic E-state index is -3.64. The molecule has 0 radical (unpaired) electrons. The molecule has 2 heterocycles. The van der Waals surface area contributed by atoms with Crippen LogP contribution in [0.2, 0.25) is 5.02 Å². The third-order valence-electron chi connectivity index (χ3n) is 4.70. The van der Waals surface area contributed by atoms with Gasteiger partial charge in [0.25, 0.3) is 0 Å². The maximum atomic E-state index is 12.5. The summed E-state index contributed by atoms with van der Waals surface area (Å²) in [6.07, 6.45) is 0.736. The maximum Gasteiger partial charge on any atom is 0.238 e. The Morgan fingerprint density at radius 2 is 1.93 bits per heavy atom. The summed E-state index contributed by atoms with van der Waals surface area (Å²) in [5.41, 5.74) is 2.75. The van der Waals surface area contributed by atoms with E-state index in [-0.39, 0.29) is 18.5 Å². The van der Waals surface area contributed by atoms with Gasteiger partial charge < -0.3 is 14.4 Å². The van der Waals surface area contributed by atoms with E-state index in [2.05, 4.69) is 0 Å². The van der Waals surface area contributed by atoms with E-state index in [9.17, 15) is 13.2 Å². The van der Waals surface area contributed by atoms with Crippen molar-refractivity contribution in [3.63, 3.8) is 0 Å². The summed E-state index contributed by atoms with van der Waals surface area (Å²) < 4.78 is 35.6. The number of sulfone groups is 1. The van der Waals surface area contributed by atoms with Gasteiger partial charge in [0.2, 0.25) is 12.7 Å². The molecule has 2 aromatic rings. The summed E-state index contributed by atoms with van der Waals surface area (Å²) in [5, 5.41) is 0.300. The van der Waals surface area contributed by atoms with E-state index in [0.29, 0.717) is 35.2 Å². The van der Waals surface area contributed by atoms with Gasteiger partial charge in [0, 0.05) is 13.1 Å². The van der Waals surface area contributed by atoms with Crippen molar-refractivity contribution in [1.82, 2.24) is 4.90 Å². The van der Waals surface area contributed by atoms with Crippen molar-refractivity contribution in [3.05, 3.63) is 58.1 Å². The van der Waals surface area contributed by atoms with Crippen molar-refractivity contribution in [3.8, 4) is 11.5 Å². The number of ether oxygens (including phenoxy) is 2. The molecular formula is C19H18ClNO5S. The zero-order chi connectivity index (χ0) is 19.0. The van der Waals surface area contributed by atoms with Gasteiger partial charge in [-0.2, -0.15) is 0 Å². The smallest absolute Gasteiger partial charge is 0.238 e. The summed E-state index contributed by atoms with van der Waals surface area (Å²) in [6.45, 7) is 1.03. The Morgan fingerprint density at radius 3 is 2.74 bits per heavy atom. The summed E-state index contributed by atoms with van der Waals surface area (Å²) in [6, 6.07) is 11.0. The summed E-state index contributed by atoms with van der Waals surface area (Å²) in [4.78, 5) is 14.1. The second-order valence-corrected chi connectivity index (χ2v) is 9.15. The van der Waals surface area contributed by atoms with Gasteiger partial charge in [-0.1, -0.05) is 35.9 Å². The van der Waals surface area contributed by atoms with Crippen LogP contribution in [0.25, 0.3) is 0 Å². The van der Waals surface area contributed by atoms with E-state index >= 15 is 0 Å². The Balaban J connectivity index is 1.44. The monoisotopic (exact) mass is 407 g/mol. The number of benzene rings is 2. The van der Waals surface area contributed by atoms with Crippen molar-refractivity contribution < 1.29 is 22.7 Å². The topological polar surface area (TPSA) is 72.9 Å². The number of hydrogen-bond donors (Lipinski definition) is 0. The predicted octanol–water partition coefficient (Wildman–Crippen LogP) is 2.57. The molecule has 0 bridgehead atoms. The normalized spacial score (nSPS) is 15.5. The van der Waals surface area contributed by atoms with Crippen LogP contribution in [-0.2, 0) is 33.4 Å². The number of halogens is 1. The highest BCUT2D eigenvalue weighted by Gasteiger charge is 2.26. The van der Waals surface area contributed by atoms with E-state index in [1.807, 2.05) is 24.3 Å². The Morgan fingerprint density at radius 1 is 1.15 bits per heavy atom. The van der Waals surface area contributed by atoms with E-state index in [1.165, 1.54) is 11.6 Å². The molecule has 2 aliphatic rings. The highest BCUT2D eigenvalue weighted by Crippen LogP contribution is 2.40. The lowest BCUT2D eigenvalue weighted by molar-refractivity contribution is -0.129. The fourth-order valence-corrected chi connectivity index (χ4v) is 5.02. The molecule has 4 rings (SSSR count).